The summed E-state index contributed by atoms with van der Waals surface area (Å²) in [4.78, 5) is 19.9. The van der Waals surface area contributed by atoms with E-state index in [1.807, 2.05) is 61.6 Å². The summed E-state index contributed by atoms with van der Waals surface area (Å²) >= 11 is 6.32. The Bertz CT molecular complexity index is 947. The second-order valence-corrected chi connectivity index (χ2v) is 8.27. The van der Waals surface area contributed by atoms with Gasteiger partial charge in [0.05, 0.1) is 6.54 Å². The highest BCUT2D eigenvalue weighted by Gasteiger charge is 2.25. The van der Waals surface area contributed by atoms with Gasteiger partial charge in [-0.15, -0.1) is 0 Å². The molecular weight excluding hydrogens is 418 g/mol. The molecule has 0 unspecified atom stereocenters. The van der Waals surface area contributed by atoms with E-state index < -0.39 is 0 Å². The highest BCUT2D eigenvalue weighted by molar-refractivity contribution is 6.31. The molecule has 32 heavy (non-hydrogen) atoms. The molecule has 1 aliphatic heterocycles. The molecule has 3 rings (SSSR count). The van der Waals surface area contributed by atoms with Crippen molar-refractivity contribution in [3.05, 3.63) is 108 Å². The minimum atomic E-state index is 0.0574. The Labute approximate surface area is 197 Å². The van der Waals surface area contributed by atoms with Crippen molar-refractivity contribution in [3.8, 4) is 0 Å². The van der Waals surface area contributed by atoms with E-state index >= 15 is 0 Å². The number of rotatable bonds is 8. The smallest absolute Gasteiger partial charge is 0.245 e. The molecule has 1 amide bonds. The fourth-order valence-electron chi connectivity index (χ4n) is 3.89. The first-order valence-corrected chi connectivity index (χ1v) is 11.5. The van der Waals surface area contributed by atoms with Gasteiger partial charge in [-0.2, -0.15) is 0 Å². The summed E-state index contributed by atoms with van der Waals surface area (Å²) in [5.41, 5.74) is 2.83. The van der Waals surface area contributed by atoms with Crippen LogP contribution in [0.15, 0.2) is 96.9 Å². The fourth-order valence-corrected chi connectivity index (χ4v) is 4.08. The average Bonchev–Trinajstić information content (AvgIpc) is 3.06. The van der Waals surface area contributed by atoms with Gasteiger partial charge >= 0.3 is 0 Å². The quantitative estimate of drug-likeness (QED) is 0.502. The standard InChI is InChI=1S/C27H32ClN3O/c1-3-11-24(12-4-2)31(25-14-7-5-6-8-15-25)27(32)22-30-19-17-29(18-20-30)21-23-13-9-10-16-26(23)28/h3-5,7-16H,1,6,17-22H2,2H3/b12-4-,24-11+. The number of benzene rings is 1. The van der Waals surface area contributed by atoms with Gasteiger partial charge < -0.3 is 0 Å². The van der Waals surface area contributed by atoms with Gasteiger partial charge in [0.25, 0.3) is 0 Å². The SMILES string of the molecule is C=C/C=C(\C=C/C)N(C(=O)CN1CCN(Cc2ccccc2Cl)CC1)C1=CC=CCC=C1. The summed E-state index contributed by atoms with van der Waals surface area (Å²) in [7, 11) is 0. The predicted octanol–water partition coefficient (Wildman–Crippen LogP) is 5.33. The molecule has 1 heterocycles. The highest BCUT2D eigenvalue weighted by atomic mass is 35.5. The number of carbonyl (C=O) groups excluding carboxylic acids is 1. The Morgan fingerprint density at radius 3 is 2.62 bits per heavy atom. The van der Waals surface area contributed by atoms with Gasteiger partial charge in [-0.25, -0.2) is 0 Å². The lowest BCUT2D eigenvalue weighted by molar-refractivity contribution is -0.129. The van der Waals surface area contributed by atoms with Crippen LogP contribution in [0.2, 0.25) is 5.02 Å². The molecule has 0 radical (unpaired) electrons. The third kappa shape index (κ3) is 6.67. The lowest BCUT2D eigenvalue weighted by Crippen LogP contribution is -2.49. The van der Waals surface area contributed by atoms with E-state index in [-0.39, 0.29) is 5.91 Å². The molecule has 0 atom stereocenters. The molecule has 1 aromatic rings. The van der Waals surface area contributed by atoms with Crippen LogP contribution in [0.4, 0.5) is 0 Å². The van der Waals surface area contributed by atoms with Crippen LogP contribution in [0.3, 0.4) is 0 Å². The maximum Gasteiger partial charge on any atom is 0.245 e. The third-order valence-electron chi connectivity index (χ3n) is 5.53. The molecule has 5 heteroatoms. The summed E-state index contributed by atoms with van der Waals surface area (Å²) in [6, 6.07) is 7.99. The first-order chi connectivity index (χ1) is 15.6. The van der Waals surface area contributed by atoms with Crippen molar-refractivity contribution >= 4 is 17.5 Å². The molecule has 0 aromatic heterocycles. The summed E-state index contributed by atoms with van der Waals surface area (Å²) in [5.74, 6) is 0.0574. The van der Waals surface area contributed by atoms with E-state index in [4.69, 9.17) is 11.6 Å². The lowest BCUT2D eigenvalue weighted by atomic mass is 10.2. The van der Waals surface area contributed by atoms with Crippen molar-refractivity contribution in [1.82, 2.24) is 14.7 Å². The first kappa shape index (κ1) is 24.0. The topological polar surface area (TPSA) is 26.8 Å². The Kier molecular flexibility index (Phi) is 9.29. The van der Waals surface area contributed by atoms with E-state index in [2.05, 4.69) is 34.6 Å². The Morgan fingerprint density at radius 1 is 1.16 bits per heavy atom. The summed E-state index contributed by atoms with van der Waals surface area (Å²) < 4.78 is 0. The summed E-state index contributed by atoms with van der Waals surface area (Å²) in [5, 5.41) is 0.810. The molecule has 1 aromatic carbocycles. The monoisotopic (exact) mass is 449 g/mol. The van der Waals surface area contributed by atoms with Crippen LogP contribution in [-0.4, -0.2) is 53.3 Å². The van der Waals surface area contributed by atoms with Crippen LogP contribution < -0.4 is 0 Å². The van der Waals surface area contributed by atoms with Crippen LogP contribution in [0.1, 0.15) is 18.9 Å². The second-order valence-electron chi connectivity index (χ2n) is 7.86. The van der Waals surface area contributed by atoms with Crippen LogP contribution >= 0.6 is 11.6 Å². The van der Waals surface area contributed by atoms with Gasteiger partial charge in [0.1, 0.15) is 0 Å². The molecule has 1 saturated heterocycles. The van der Waals surface area contributed by atoms with Crippen molar-refractivity contribution in [2.75, 3.05) is 32.7 Å². The number of carbonyl (C=O) groups is 1. The molecule has 4 nitrogen and oxygen atoms in total. The number of halogens is 1. The molecule has 2 aliphatic rings. The normalized spacial score (nSPS) is 17.9. The highest BCUT2D eigenvalue weighted by Crippen LogP contribution is 2.21. The van der Waals surface area contributed by atoms with Gasteiger partial charge in [-0.3, -0.25) is 19.5 Å². The largest absolute Gasteiger partial charge is 0.296 e. The minimum Gasteiger partial charge on any atom is -0.296 e. The number of nitrogens with zero attached hydrogens (tertiary/aromatic N) is 3. The maximum atomic E-state index is 13.5. The number of piperazine rings is 1. The molecule has 0 N–H and O–H groups in total. The molecule has 0 bridgehead atoms. The van der Waals surface area contributed by atoms with Gasteiger partial charge in [-0.1, -0.05) is 66.8 Å². The van der Waals surface area contributed by atoms with Gasteiger partial charge in [0.2, 0.25) is 5.91 Å². The van der Waals surface area contributed by atoms with Crippen LogP contribution in [0.25, 0.3) is 0 Å². The molecule has 1 aliphatic carbocycles. The van der Waals surface area contributed by atoms with E-state index in [1.165, 1.54) is 0 Å². The van der Waals surface area contributed by atoms with E-state index in [0.29, 0.717) is 6.54 Å². The minimum absolute atomic E-state index is 0.0574. The molecule has 0 saturated carbocycles. The van der Waals surface area contributed by atoms with E-state index in [0.717, 1.165) is 61.1 Å². The number of hydrogen-bond donors (Lipinski definition) is 0. The van der Waals surface area contributed by atoms with E-state index in [1.54, 1.807) is 11.0 Å². The van der Waals surface area contributed by atoms with Crippen LogP contribution in [0.5, 0.6) is 0 Å². The van der Waals surface area contributed by atoms with Gasteiger partial charge in [-0.05, 0) is 49.3 Å². The second kappa shape index (κ2) is 12.4. The average molecular weight is 450 g/mol. The van der Waals surface area contributed by atoms with Crippen molar-refractivity contribution < 1.29 is 4.79 Å². The van der Waals surface area contributed by atoms with Crippen molar-refractivity contribution in [2.45, 2.75) is 19.9 Å². The van der Waals surface area contributed by atoms with Crippen molar-refractivity contribution in [2.24, 2.45) is 0 Å². The van der Waals surface area contributed by atoms with Gasteiger partial charge in [0.15, 0.2) is 0 Å². The number of hydrogen-bond acceptors (Lipinski definition) is 3. The molecule has 1 fully saturated rings. The van der Waals surface area contributed by atoms with Gasteiger partial charge in [0, 0.05) is 49.1 Å². The first-order valence-electron chi connectivity index (χ1n) is 11.1. The predicted molar refractivity (Wildman–Crippen MR) is 134 cm³/mol. The zero-order valence-electron chi connectivity index (χ0n) is 18.8. The fraction of sp³-hybridized carbons (Fsp3) is 0.296. The van der Waals surface area contributed by atoms with Crippen LogP contribution in [-0.2, 0) is 11.3 Å². The Morgan fingerprint density at radius 2 is 1.91 bits per heavy atom. The number of amides is 1. The zero-order chi connectivity index (χ0) is 22.8. The zero-order valence-corrected chi connectivity index (χ0v) is 19.5. The third-order valence-corrected chi connectivity index (χ3v) is 5.90. The maximum absolute atomic E-state index is 13.5. The molecule has 0 spiro atoms. The Balaban J connectivity index is 1.67. The summed E-state index contributed by atoms with van der Waals surface area (Å²) in [6.45, 7) is 10.5. The van der Waals surface area contributed by atoms with E-state index in [9.17, 15) is 4.79 Å². The lowest BCUT2D eigenvalue weighted by Gasteiger charge is -2.35. The Hall–Kier alpha value is -2.66. The van der Waals surface area contributed by atoms with Crippen molar-refractivity contribution in [1.29, 1.82) is 0 Å². The number of allylic oxidation sites excluding steroid dienone is 9. The van der Waals surface area contributed by atoms with Crippen LogP contribution in [0, 0.1) is 0 Å². The molecule has 168 valence electrons. The molecular formula is C27H32ClN3O. The van der Waals surface area contributed by atoms with Crippen molar-refractivity contribution in [3.63, 3.8) is 0 Å². The summed E-state index contributed by atoms with van der Waals surface area (Å²) in [6.07, 6.45) is 18.5.